The number of halogens is 1. The molecule has 0 aliphatic rings. The first kappa shape index (κ1) is 15.5. The zero-order valence-electron chi connectivity index (χ0n) is 11.3. The molecule has 1 atom stereocenters. The fourth-order valence-electron chi connectivity index (χ4n) is 1.64. The number of ether oxygens (including phenoxy) is 1. The largest absolute Gasteiger partial charge is 0.468 e. The van der Waals surface area contributed by atoms with Crippen molar-refractivity contribution in [2.45, 2.75) is 39.3 Å². The van der Waals surface area contributed by atoms with Crippen LogP contribution in [0.2, 0.25) is 5.02 Å². The number of nitrogens with zero attached hydrogens (tertiary/aromatic N) is 2. The van der Waals surface area contributed by atoms with Crippen LogP contribution in [0.4, 0.5) is 5.69 Å². The Labute approximate surface area is 116 Å². The summed E-state index contributed by atoms with van der Waals surface area (Å²) in [5.74, 6) is -0.550. The molecule has 0 radical (unpaired) electrons. The summed E-state index contributed by atoms with van der Waals surface area (Å²) >= 11 is 5.98. The molecule has 0 aliphatic heterocycles. The van der Waals surface area contributed by atoms with Crippen molar-refractivity contribution in [1.29, 1.82) is 0 Å². The van der Waals surface area contributed by atoms with E-state index in [9.17, 15) is 9.59 Å². The minimum atomic E-state index is -0.550. The molecular formula is C12H18ClN3O3. The molecule has 1 aromatic rings. The fraction of sp³-hybridized carbons (Fsp3) is 0.583. The summed E-state index contributed by atoms with van der Waals surface area (Å²) in [5, 5.41) is 7.05. The van der Waals surface area contributed by atoms with Crippen LogP contribution in [0, 0.1) is 0 Å². The maximum Gasteiger partial charge on any atom is 0.327 e. The highest BCUT2D eigenvalue weighted by molar-refractivity contribution is 6.32. The van der Waals surface area contributed by atoms with E-state index < -0.39 is 11.5 Å². The first-order valence-corrected chi connectivity index (χ1v) is 6.46. The molecular weight excluding hydrogens is 270 g/mol. The van der Waals surface area contributed by atoms with E-state index in [2.05, 4.69) is 22.1 Å². The molecule has 7 heteroatoms. The topological polar surface area (TPSA) is 73.2 Å². The molecule has 0 aliphatic carbocycles. The van der Waals surface area contributed by atoms with E-state index in [1.807, 2.05) is 6.92 Å². The maximum atomic E-state index is 11.9. The van der Waals surface area contributed by atoms with Gasteiger partial charge in [0.05, 0.1) is 19.0 Å². The Hall–Kier alpha value is -1.56. The molecule has 0 spiro atoms. The van der Waals surface area contributed by atoms with E-state index in [4.69, 9.17) is 11.6 Å². The highest BCUT2D eigenvalue weighted by Gasteiger charge is 2.13. The molecule has 0 fully saturated rings. The van der Waals surface area contributed by atoms with Crippen molar-refractivity contribution in [2.24, 2.45) is 0 Å². The molecule has 0 bridgehead atoms. The second-order valence-electron chi connectivity index (χ2n) is 4.25. The second-order valence-corrected chi connectivity index (χ2v) is 4.62. The molecule has 0 amide bonds. The molecule has 1 rings (SSSR count). The number of carbonyl (C=O) groups is 1. The van der Waals surface area contributed by atoms with Gasteiger partial charge in [0.15, 0.2) is 0 Å². The normalized spacial score (nSPS) is 12.0. The Bertz CT molecular complexity index is 501. The van der Waals surface area contributed by atoms with Gasteiger partial charge in [-0.05, 0) is 13.3 Å². The van der Waals surface area contributed by atoms with Crippen LogP contribution in [0.25, 0.3) is 0 Å². The molecule has 1 N–H and O–H groups in total. The zero-order chi connectivity index (χ0) is 14.4. The fourth-order valence-corrected chi connectivity index (χ4v) is 1.84. The first-order valence-electron chi connectivity index (χ1n) is 6.08. The minimum absolute atomic E-state index is 0.0295. The Kier molecular flexibility index (Phi) is 5.82. The van der Waals surface area contributed by atoms with Gasteiger partial charge in [-0.2, -0.15) is 5.10 Å². The van der Waals surface area contributed by atoms with E-state index in [1.165, 1.54) is 13.3 Å². The van der Waals surface area contributed by atoms with Gasteiger partial charge in [0.1, 0.15) is 11.6 Å². The zero-order valence-corrected chi connectivity index (χ0v) is 12.0. The molecule has 0 saturated heterocycles. The van der Waals surface area contributed by atoms with Gasteiger partial charge in [-0.1, -0.05) is 24.9 Å². The number of hydrogen-bond acceptors (Lipinski definition) is 5. The number of aromatic nitrogens is 2. The molecule has 1 aromatic heterocycles. The Morgan fingerprint density at radius 2 is 2.32 bits per heavy atom. The van der Waals surface area contributed by atoms with Crippen LogP contribution < -0.4 is 10.9 Å². The number of nitrogens with one attached hydrogen (secondary N) is 1. The summed E-state index contributed by atoms with van der Waals surface area (Å²) in [5.41, 5.74) is -0.0329. The van der Waals surface area contributed by atoms with Gasteiger partial charge in [-0.15, -0.1) is 0 Å². The smallest absolute Gasteiger partial charge is 0.327 e. The van der Waals surface area contributed by atoms with Crippen molar-refractivity contribution < 1.29 is 9.53 Å². The van der Waals surface area contributed by atoms with Gasteiger partial charge in [0.2, 0.25) is 0 Å². The Balaban J connectivity index is 2.91. The van der Waals surface area contributed by atoms with Crippen LogP contribution in [-0.4, -0.2) is 28.9 Å². The van der Waals surface area contributed by atoms with Crippen molar-refractivity contribution >= 4 is 23.3 Å². The molecule has 6 nitrogen and oxygen atoms in total. The van der Waals surface area contributed by atoms with Crippen molar-refractivity contribution in [3.63, 3.8) is 0 Å². The number of hydrogen-bond donors (Lipinski definition) is 1. The van der Waals surface area contributed by atoms with Gasteiger partial charge in [-0.25, -0.2) is 4.68 Å². The molecule has 0 aromatic carbocycles. The number of esters is 1. The third-order valence-corrected chi connectivity index (χ3v) is 2.98. The van der Waals surface area contributed by atoms with Crippen molar-refractivity contribution in [2.75, 3.05) is 12.4 Å². The highest BCUT2D eigenvalue weighted by atomic mass is 35.5. The molecule has 19 heavy (non-hydrogen) atoms. The van der Waals surface area contributed by atoms with Crippen LogP contribution in [0.5, 0.6) is 0 Å². The Morgan fingerprint density at radius 3 is 2.89 bits per heavy atom. The summed E-state index contributed by atoms with van der Waals surface area (Å²) in [6.45, 7) is 3.83. The predicted octanol–water partition coefficient (Wildman–Crippen LogP) is 1.67. The summed E-state index contributed by atoms with van der Waals surface area (Å²) in [6.07, 6.45) is 3.43. The van der Waals surface area contributed by atoms with Crippen LogP contribution in [0.1, 0.15) is 26.7 Å². The van der Waals surface area contributed by atoms with Crippen LogP contribution in [0.3, 0.4) is 0 Å². The quantitative estimate of drug-likeness (QED) is 0.806. The third-order valence-electron chi connectivity index (χ3n) is 2.62. The summed E-state index contributed by atoms with van der Waals surface area (Å²) < 4.78 is 5.45. The summed E-state index contributed by atoms with van der Waals surface area (Å²) in [4.78, 5) is 23.0. The van der Waals surface area contributed by atoms with E-state index >= 15 is 0 Å². The van der Waals surface area contributed by atoms with Crippen molar-refractivity contribution in [3.8, 4) is 0 Å². The number of methoxy groups -OCH3 is 1. The minimum Gasteiger partial charge on any atom is -0.468 e. The van der Waals surface area contributed by atoms with Crippen molar-refractivity contribution in [3.05, 3.63) is 21.6 Å². The summed E-state index contributed by atoms with van der Waals surface area (Å²) in [7, 11) is 1.25. The van der Waals surface area contributed by atoms with Gasteiger partial charge in [-0.3, -0.25) is 9.59 Å². The van der Waals surface area contributed by atoms with E-state index in [0.29, 0.717) is 5.69 Å². The lowest BCUT2D eigenvalue weighted by Crippen LogP contribution is -2.29. The molecule has 1 unspecified atom stereocenters. The third kappa shape index (κ3) is 4.24. The molecule has 106 valence electrons. The van der Waals surface area contributed by atoms with Crippen LogP contribution >= 0.6 is 11.6 Å². The lowest BCUT2D eigenvalue weighted by Gasteiger charge is -2.15. The molecule has 1 heterocycles. The second kappa shape index (κ2) is 7.13. The monoisotopic (exact) mass is 287 g/mol. The van der Waals surface area contributed by atoms with Crippen LogP contribution in [0.15, 0.2) is 11.0 Å². The Morgan fingerprint density at radius 1 is 1.63 bits per heavy atom. The number of carbonyl (C=O) groups excluding carboxylic acids is 1. The van der Waals surface area contributed by atoms with E-state index in [0.717, 1.165) is 17.5 Å². The lowest BCUT2D eigenvalue weighted by atomic mass is 10.2. The highest BCUT2D eigenvalue weighted by Crippen LogP contribution is 2.17. The summed E-state index contributed by atoms with van der Waals surface area (Å²) in [6, 6.07) is 0.195. The standard InChI is InChI=1S/C12H18ClN3O3/c1-4-5-8(2)15-9-6-14-16(7-10(17)19-3)12(18)11(9)13/h6,8,15H,4-5,7H2,1-3H3. The van der Waals surface area contributed by atoms with E-state index in [-0.39, 0.29) is 17.6 Å². The van der Waals surface area contributed by atoms with Gasteiger partial charge >= 0.3 is 5.97 Å². The maximum absolute atomic E-state index is 11.9. The van der Waals surface area contributed by atoms with Crippen LogP contribution in [-0.2, 0) is 16.1 Å². The van der Waals surface area contributed by atoms with Gasteiger partial charge in [0, 0.05) is 6.04 Å². The number of anilines is 1. The van der Waals surface area contributed by atoms with Gasteiger partial charge < -0.3 is 10.1 Å². The van der Waals surface area contributed by atoms with Gasteiger partial charge in [0.25, 0.3) is 5.56 Å². The number of rotatable bonds is 6. The predicted molar refractivity (Wildman–Crippen MR) is 73.5 cm³/mol. The first-order chi connectivity index (χ1) is 8.99. The van der Waals surface area contributed by atoms with E-state index in [1.54, 1.807) is 0 Å². The molecule has 0 saturated carbocycles. The average Bonchev–Trinajstić information content (AvgIpc) is 2.38. The average molecular weight is 288 g/mol. The SMILES string of the molecule is CCCC(C)Nc1cnn(CC(=O)OC)c(=O)c1Cl. The lowest BCUT2D eigenvalue weighted by molar-refractivity contribution is -0.141. The van der Waals surface area contributed by atoms with Crippen molar-refractivity contribution in [1.82, 2.24) is 9.78 Å².